The van der Waals surface area contributed by atoms with Crippen LogP contribution < -0.4 is 10.2 Å². The van der Waals surface area contributed by atoms with Gasteiger partial charge in [0.05, 0.1) is 25.0 Å². The van der Waals surface area contributed by atoms with Gasteiger partial charge in [-0.05, 0) is 23.6 Å². The van der Waals surface area contributed by atoms with Crippen molar-refractivity contribution in [2.75, 3.05) is 37.5 Å². The summed E-state index contributed by atoms with van der Waals surface area (Å²) >= 11 is 0. The Morgan fingerprint density at radius 1 is 1.38 bits per heavy atom. The maximum Gasteiger partial charge on any atom is 0.0729 e. The molecule has 21 heavy (non-hydrogen) atoms. The molecule has 0 atom stereocenters. The van der Waals surface area contributed by atoms with E-state index in [0.717, 1.165) is 31.7 Å². The van der Waals surface area contributed by atoms with Crippen molar-refractivity contribution in [3.05, 3.63) is 41.7 Å². The number of methoxy groups -OCH3 is 1. The van der Waals surface area contributed by atoms with E-state index in [1.54, 1.807) is 7.11 Å². The molecule has 3 rings (SSSR count). The van der Waals surface area contributed by atoms with Gasteiger partial charge < -0.3 is 15.0 Å². The zero-order valence-electron chi connectivity index (χ0n) is 12.7. The van der Waals surface area contributed by atoms with Gasteiger partial charge in [-0.2, -0.15) is 5.10 Å². The standard InChI is InChI=1S/C16H22N4O/c1-19-6-5-14-9-13(3-4-16(14)19)10-17-15-11-18-20(12-15)7-8-21-2/h3-4,9,11-12,17H,5-8,10H2,1-2H3. The molecule has 0 radical (unpaired) electrons. The normalized spacial score (nSPS) is 13.5. The number of aromatic nitrogens is 2. The van der Waals surface area contributed by atoms with Crippen molar-refractivity contribution in [2.24, 2.45) is 0 Å². The van der Waals surface area contributed by atoms with Crippen LogP contribution in [0.4, 0.5) is 11.4 Å². The molecule has 0 saturated carbocycles. The Labute approximate surface area is 125 Å². The zero-order valence-corrected chi connectivity index (χ0v) is 12.7. The van der Waals surface area contributed by atoms with Gasteiger partial charge >= 0.3 is 0 Å². The van der Waals surface area contributed by atoms with Crippen LogP contribution in [0.25, 0.3) is 0 Å². The summed E-state index contributed by atoms with van der Waals surface area (Å²) in [6.07, 6.45) is 5.02. The predicted octanol–water partition coefficient (Wildman–Crippen LogP) is 2.13. The largest absolute Gasteiger partial charge is 0.383 e. The van der Waals surface area contributed by atoms with E-state index in [4.69, 9.17) is 4.74 Å². The summed E-state index contributed by atoms with van der Waals surface area (Å²) in [5.41, 5.74) is 5.18. The van der Waals surface area contributed by atoms with Gasteiger partial charge in [0.1, 0.15) is 0 Å². The molecular weight excluding hydrogens is 264 g/mol. The summed E-state index contributed by atoms with van der Waals surface area (Å²) in [5, 5.41) is 7.72. The van der Waals surface area contributed by atoms with E-state index in [1.165, 1.54) is 16.8 Å². The lowest BCUT2D eigenvalue weighted by Gasteiger charge is -2.12. The van der Waals surface area contributed by atoms with E-state index in [0.29, 0.717) is 6.61 Å². The number of hydrogen-bond donors (Lipinski definition) is 1. The van der Waals surface area contributed by atoms with Crippen molar-refractivity contribution < 1.29 is 4.74 Å². The minimum Gasteiger partial charge on any atom is -0.383 e. The number of anilines is 2. The van der Waals surface area contributed by atoms with Crippen molar-refractivity contribution in [3.63, 3.8) is 0 Å². The number of hydrogen-bond acceptors (Lipinski definition) is 4. The summed E-state index contributed by atoms with van der Waals surface area (Å²) in [6, 6.07) is 6.73. The van der Waals surface area contributed by atoms with Crippen LogP contribution in [0.3, 0.4) is 0 Å². The van der Waals surface area contributed by atoms with Gasteiger partial charge in [0.15, 0.2) is 0 Å². The molecule has 1 aliphatic heterocycles. The Kier molecular flexibility index (Phi) is 4.10. The van der Waals surface area contributed by atoms with Gasteiger partial charge in [-0.15, -0.1) is 0 Å². The Morgan fingerprint density at radius 3 is 3.14 bits per heavy atom. The highest BCUT2D eigenvalue weighted by Gasteiger charge is 2.15. The molecule has 0 saturated heterocycles. The Morgan fingerprint density at radius 2 is 2.29 bits per heavy atom. The minimum atomic E-state index is 0.680. The monoisotopic (exact) mass is 286 g/mol. The topological polar surface area (TPSA) is 42.3 Å². The second kappa shape index (κ2) is 6.18. The van der Waals surface area contributed by atoms with Crippen LogP contribution in [0.2, 0.25) is 0 Å². The fraction of sp³-hybridized carbons (Fsp3) is 0.438. The van der Waals surface area contributed by atoms with Crippen LogP contribution in [0.5, 0.6) is 0 Å². The number of benzene rings is 1. The number of fused-ring (bicyclic) bond motifs is 1. The molecule has 0 spiro atoms. The highest BCUT2D eigenvalue weighted by molar-refractivity contribution is 5.58. The lowest BCUT2D eigenvalue weighted by atomic mass is 10.1. The number of likely N-dealkylation sites (N-methyl/N-ethyl adjacent to an activating group) is 1. The highest BCUT2D eigenvalue weighted by atomic mass is 16.5. The van der Waals surface area contributed by atoms with E-state index in [9.17, 15) is 0 Å². The molecule has 5 nitrogen and oxygen atoms in total. The van der Waals surface area contributed by atoms with Crippen LogP contribution in [0.15, 0.2) is 30.6 Å². The van der Waals surface area contributed by atoms with Crippen LogP contribution in [0.1, 0.15) is 11.1 Å². The molecule has 5 heteroatoms. The predicted molar refractivity (Wildman–Crippen MR) is 84.8 cm³/mol. The van der Waals surface area contributed by atoms with Crippen molar-refractivity contribution >= 4 is 11.4 Å². The number of ether oxygens (including phenoxy) is 1. The van der Waals surface area contributed by atoms with E-state index >= 15 is 0 Å². The molecule has 1 aromatic heterocycles. The average molecular weight is 286 g/mol. The smallest absolute Gasteiger partial charge is 0.0729 e. The van der Waals surface area contributed by atoms with Gasteiger partial charge in [0.2, 0.25) is 0 Å². The summed E-state index contributed by atoms with van der Waals surface area (Å²) in [6.45, 7) is 3.41. The van der Waals surface area contributed by atoms with E-state index < -0.39 is 0 Å². The third kappa shape index (κ3) is 3.19. The highest BCUT2D eigenvalue weighted by Crippen LogP contribution is 2.27. The second-order valence-corrected chi connectivity index (χ2v) is 5.47. The number of nitrogens with one attached hydrogen (secondary N) is 1. The first kappa shape index (κ1) is 13.9. The molecule has 1 aliphatic rings. The molecule has 112 valence electrons. The number of nitrogens with zero attached hydrogens (tertiary/aromatic N) is 3. The average Bonchev–Trinajstić information content (AvgIpc) is 3.10. The lowest BCUT2D eigenvalue weighted by molar-refractivity contribution is 0.183. The van der Waals surface area contributed by atoms with Crippen molar-refractivity contribution in [1.29, 1.82) is 0 Å². The third-order valence-corrected chi connectivity index (χ3v) is 3.93. The van der Waals surface area contributed by atoms with Gasteiger partial charge in [-0.3, -0.25) is 4.68 Å². The molecule has 0 amide bonds. The van der Waals surface area contributed by atoms with Crippen LogP contribution in [0, 0.1) is 0 Å². The fourth-order valence-electron chi connectivity index (χ4n) is 2.70. The second-order valence-electron chi connectivity index (χ2n) is 5.47. The van der Waals surface area contributed by atoms with Crippen LogP contribution >= 0.6 is 0 Å². The first-order valence-corrected chi connectivity index (χ1v) is 7.34. The Bertz CT molecular complexity index is 608. The van der Waals surface area contributed by atoms with Crippen LogP contribution in [-0.2, 0) is 24.2 Å². The first-order chi connectivity index (χ1) is 10.3. The first-order valence-electron chi connectivity index (χ1n) is 7.34. The molecule has 2 heterocycles. The molecule has 0 unspecified atom stereocenters. The van der Waals surface area contributed by atoms with Crippen molar-refractivity contribution in [2.45, 2.75) is 19.5 Å². The lowest BCUT2D eigenvalue weighted by Crippen LogP contribution is -2.12. The fourth-order valence-corrected chi connectivity index (χ4v) is 2.70. The summed E-state index contributed by atoms with van der Waals surface area (Å²) in [7, 11) is 3.85. The molecule has 0 fully saturated rings. The summed E-state index contributed by atoms with van der Waals surface area (Å²) in [5.74, 6) is 0. The maximum absolute atomic E-state index is 5.05. The van der Waals surface area contributed by atoms with Crippen LogP contribution in [-0.4, -0.2) is 37.1 Å². The zero-order chi connectivity index (χ0) is 14.7. The van der Waals surface area contributed by atoms with Gasteiger partial charge in [-0.25, -0.2) is 0 Å². The van der Waals surface area contributed by atoms with E-state index in [2.05, 4.69) is 40.6 Å². The Hall–Kier alpha value is -2.01. The SMILES string of the molecule is COCCn1cc(NCc2ccc3c(c2)CCN3C)cn1. The summed E-state index contributed by atoms with van der Waals surface area (Å²) in [4.78, 5) is 2.31. The van der Waals surface area contributed by atoms with Gasteiger partial charge in [0, 0.05) is 39.1 Å². The van der Waals surface area contributed by atoms with Crippen molar-refractivity contribution in [3.8, 4) is 0 Å². The Balaban J connectivity index is 1.59. The van der Waals surface area contributed by atoms with Gasteiger partial charge in [0.25, 0.3) is 0 Å². The molecule has 1 N–H and O–H groups in total. The number of rotatable bonds is 6. The van der Waals surface area contributed by atoms with E-state index in [1.807, 2.05) is 17.1 Å². The van der Waals surface area contributed by atoms with Gasteiger partial charge in [-0.1, -0.05) is 12.1 Å². The summed E-state index contributed by atoms with van der Waals surface area (Å²) < 4.78 is 6.94. The van der Waals surface area contributed by atoms with E-state index in [-0.39, 0.29) is 0 Å². The third-order valence-electron chi connectivity index (χ3n) is 3.93. The quantitative estimate of drug-likeness (QED) is 0.883. The molecule has 0 aliphatic carbocycles. The maximum atomic E-state index is 5.05. The molecular formula is C16H22N4O. The minimum absolute atomic E-state index is 0.680. The molecule has 1 aromatic carbocycles. The molecule has 0 bridgehead atoms. The van der Waals surface area contributed by atoms with Crippen molar-refractivity contribution in [1.82, 2.24) is 9.78 Å². The molecule has 2 aromatic rings.